The van der Waals surface area contributed by atoms with Crippen molar-refractivity contribution in [3.63, 3.8) is 0 Å². The fourth-order valence-electron chi connectivity index (χ4n) is 3.02. The summed E-state index contributed by atoms with van der Waals surface area (Å²) in [6.07, 6.45) is 0. The molecule has 6 nitrogen and oxygen atoms in total. The predicted molar refractivity (Wildman–Crippen MR) is 102 cm³/mol. The highest BCUT2D eigenvalue weighted by atomic mass is 32.1. The molecule has 2 aromatic carbocycles. The molecule has 1 N–H and O–H groups in total. The number of para-hydroxylation sites is 1. The summed E-state index contributed by atoms with van der Waals surface area (Å²) in [6.45, 7) is 1.52. The van der Waals surface area contributed by atoms with Crippen molar-refractivity contribution in [2.75, 3.05) is 25.6 Å². The zero-order chi connectivity index (χ0) is 18.8. The first-order valence-electron chi connectivity index (χ1n) is 8.48. The smallest absolute Gasteiger partial charge is 0.324 e. The van der Waals surface area contributed by atoms with Gasteiger partial charge in [0.15, 0.2) is 5.13 Å². The van der Waals surface area contributed by atoms with Gasteiger partial charge in [-0.15, -0.1) is 0 Å². The van der Waals surface area contributed by atoms with Crippen molar-refractivity contribution in [3.8, 4) is 5.75 Å². The molecule has 0 aliphatic carbocycles. The average molecular weight is 387 g/mol. The number of rotatable bonds is 3. The second-order valence-electron chi connectivity index (χ2n) is 6.17. The molecule has 2 amide bonds. The van der Waals surface area contributed by atoms with E-state index in [9.17, 15) is 9.18 Å². The number of ether oxygens (including phenoxy) is 2. The Labute approximate surface area is 159 Å². The highest BCUT2D eigenvalue weighted by Gasteiger charge is 2.21. The molecule has 0 spiro atoms. The van der Waals surface area contributed by atoms with Gasteiger partial charge in [-0.05, 0) is 12.1 Å². The van der Waals surface area contributed by atoms with Gasteiger partial charge in [-0.2, -0.15) is 0 Å². The average Bonchev–Trinajstić information content (AvgIpc) is 2.94. The number of hydrogen-bond acceptors (Lipinski definition) is 5. The van der Waals surface area contributed by atoms with E-state index in [1.165, 1.54) is 23.5 Å². The topological polar surface area (TPSA) is 63.7 Å². The van der Waals surface area contributed by atoms with Crippen molar-refractivity contribution < 1.29 is 18.7 Å². The molecule has 0 radical (unpaired) electrons. The van der Waals surface area contributed by atoms with E-state index in [2.05, 4.69) is 10.3 Å². The molecule has 1 aromatic heterocycles. The van der Waals surface area contributed by atoms with E-state index in [1.807, 2.05) is 18.2 Å². The van der Waals surface area contributed by atoms with Gasteiger partial charge in [0.25, 0.3) is 0 Å². The molecule has 3 aromatic rings. The predicted octanol–water partition coefficient (Wildman–Crippen LogP) is 4.01. The number of nitrogens with one attached hydrogen (secondary N) is 1. The van der Waals surface area contributed by atoms with Gasteiger partial charge < -0.3 is 14.4 Å². The molecule has 0 fully saturated rings. The second-order valence-corrected chi connectivity index (χ2v) is 7.20. The monoisotopic (exact) mass is 387 g/mol. The number of anilines is 1. The molecule has 1 aliphatic rings. The van der Waals surface area contributed by atoms with Crippen LogP contribution >= 0.6 is 11.3 Å². The largest absolute Gasteiger partial charge is 0.491 e. The third kappa shape index (κ3) is 3.72. The number of carbonyl (C=O) groups excluding carboxylic acids is 1. The van der Waals surface area contributed by atoms with Crippen LogP contribution < -0.4 is 10.1 Å². The molecule has 0 atom stereocenters. The number of thiazole rings is 1. The highest BCUT2D eigenvalue weighted by molar-refractivity contribution is 7.22. The van der Waals surface area contributed by atoms with Crippen LogP contribution in [0, 0.1) is 5.82 Å². The summed E-state index contributed by atoms with van der Waals surface area (Å²) in [4.78, 5) is 18.9. The lowest BCUT2D eigenvalue weighted by Gasteiger charge is -2.19. The van der Waals surface area contributed by atoms with Crippen molar-refractivity contribution in [2.45, 2.75) is 13.2 Å². The lowest BCUT2D eigenvalue weighted by molar-refractivity contribution is 0.186. The maximum atomic E-state index is 13.4. The fourth-order valence-corrected chi connectivity index (χ4v) is 3.92. The quantitative estimate of drug-likeness (QED) is 0.738. The number of halogens is 1. The molecule has 140 valence electrons. The molecule has 0 unspecified atom stereocenters. The van der Waals surface area contributed by atoms with E-state index in [0.717, 1.165) is 21.3 Å². The minimum Gasteiger partial charge on any atom is -0.491 e. The molecule has 8 heteroatoms. The standard InChI is InChI=1S/C19H18FN3O3S/c1-25-11-13-3-2-4-16-17(13)21-18(27-16)22-19(24)23-7-8-26-15-9-14(20)6-5-12(15)10-23/h2-6,9H,7-8,10-11H2,1H3,(H,21,22,24). The number of aromatic nitrogens is 1. The number of fused-ring (bicyclic) bond motifs is 2. The molecule has 0 bridgehead atoms. The first-order valence-corrected chi connectivity index (χ1v) is 9.30. The number of carbonyl (C=O) groups is 1. The van der Waals surface area contributed by atoms with E-state index in [1.54, 1.807) is 18.1 Å². The molecule has 4 rings (SSSR count). The number of amides is 2. The van der Waals surface area contributed by atoms with Crippen molar-refractivity contribution >= 4 is 32.7 Å². The van der Waals surface area contributed by atoms with Crippen LogP contribution in [0.1, 0.15) is 11.1 Å². The molecule has 0 saturated heterocycles. The minimum absolute atomic E-state index is 0.261. The van der Waals surface area contributed by atoms with Gasteiger partial charge in [-0.3, -0.25) is 5.32 Å². The number of urea groups is 1. The molecular formula is C19H18FN3O3S. The summed E-state index contributed by atoms with van der Waals surface area (Å²) in [6, 6.07) is 9.97. The Morgan fingerprint density at radius 3 is 3.15 bits per heavy atom. The van der Waals surface area contributed by atoms with Crippen LogP contribution in [-0.2, 0) is 17.9 Å². The van der Waals surface area contributed by atoms with E-state index >= 15 is 0 Å². The summed E-state index contributed by atoms with van der Waals surface area (Å²) in [5.41, 5.74) is 2.58. The third-order valence-corrected chi connectivity index (χ3v) is 5.25. The van der Waals surface area contributed by atoms with E-state index in [4.69, 9.17) is 9.47 Å². The maximum absolute atomic E-state index is 13.4. The van der Waals surface area contributed by atoms with Crippen LogP contribution in [0.25, 0.3) is 10.2 Å². The van der Waals surface area contributed by atoms with Gasteiger partial charge in [0.1, 0.15) is 18.2 Å². The normalized spacial score (nSPS) is 13.8. The first kappa shape index (κ1) is 17.7. The van der Waals surface area contributed by atoms with Crippen LogP contribution in [0.4, 0.5) is 14.3 Å². The Bertz CT molecular complexity index is 991. The zero-order valence-electron chi connectivity index (χ0n) is 14.7. The van der Waals surface area contributed by atoms with Crippen molar-refractivity contribution in [3.05, 3.63) is 53.3 Å². The van der Waals surface area contributed by atoms with Crippen LogP contribution in [0.3, 0.4) is 0 Å². The van der Waals surface area contributed by atoms with Gasteiger partial charge >= 0.3 is 6.03 Å². The highest BCUT2D eigenvalue weighted by Crippen LogP contribution is 2.29. The van der Waals surface area contributed by atoms with Gasteiger partial charge in [0.05, 0.1) is 29.9 Å². The van der Waals surface area contributed by atoms with Gasteiger partial charge in [0.2, 0.25) is 0 Å². The van der Waals surface area contributed by atoms with Crippen LogP contribution in [0.5, 0.6) is 5.75 Å². The Hall–Kier alpha value is -2.71. The number of benzene rings is 2. The Morgan fingerprint density at radius 1 is 1.41 bits per heavy atom. The van der Waals surface area contributed by atoms with E-state index in [-0.39, 0.29) is 11.8 Å². The third-order valence-electron chi connectivity index (χ3n) is 4.31. The molecule has 1 aliphatic heterocycles. The van der Waals surface area contributed by atoms with Crippen LogP contribution in [-0.4, -0.2) is 36.2 Å². The summed E-state index contributed by atoms with van der Waals surface area (Å²) in [5.74, 6) is 0.127. The Kier molecular flexibility index (Phi) is 4.91. The van der Waals surface area contributed by atoms with Crippen LogP contribution in [0.15, 0.2) is 36.4 Å². The lowest BCUT2D eigenvalue weighted by Crippen LogP contribution is -2.36. The SMILES string of the molecule is COCc1cccc2sc(NC(=O)N3CCOc4cc(F)ccc4C3)nc12. The fraction of sp³-hybridized carbons (Fsp3) is 0.263. The van der Waals surface area contributed by atoms with Gasteiger partial charge in [-0.1, -0.05) is 29.5 Å². The number of hydrogen-bond donors (Lipinski definition) is 1. The number of nitrogens with zero attached hydrogens (tertiary/aromatic N) is 2. The van der Waals surface area contributed by atoms with Crippen molar-refractivity contribution in [2.24, 2.45) is 0 Å². The first-order chi connectivity index (χ1) is 13.1. The lowest BCUT2D eigenvalue weighted by atomic mass is 10.2. The summed E-state index contributed by atoms with van der Waals surface area (Å²) >= 11 is 1.42. The maximum Gasteiger partial charge on any atom is 0.324 e. The van der Waals surface area contributed by atoms with Crippen molar-refractivity contribution in [1.82, 2.24) is 9.88 Å². The molecule has 2 heterocycles. The minimum atomic E-state index is -0.354. The van der Waals surface area contributed by atoms with Crippen LogP contribution in [0.2, 0.25) is 0 Å². The number of methoxy groups -OCH3 is 1. The van der Waals surface area contributed by atoms with Crippen molar-refractivity contribution in [1.29, 1.82) is 0 Å². The van der Waals surface area contributed by atoms with E-state index < -0.39 is 0 Å². The summed E-state index contributed by atoms with van der Waals surface area (Å²) in [7, 11) is 1.64. The second kappa shape index (κ2) is 7.50. The summed E-state index contributed by atoms with van der Waals surface area (Å²) < 4.78 is 25.1. The summed E-state index contributed by atoms with van der Waals surface area (Å²) in [5, 5.41) is 3.39. The van der Waals surface area contributed by atoms with E-state index in [0.29, 0.717) is 37.2 Å². The zero-order valence-corrected chi connectivity index (χ0v) is 15.5. The van der Waals surface area contributed by atoms with Gasteiger partial charge in [0, 0.05) is 24.3 Å². The Morgan fingerprint density at radius 2 is 2.30 bits per heavy atom. The Balaban J connectivity index is 1.53. The van der Waals surface area contributed by atoms with Gasteiger partial charge in [-0.25, -0.2) is 14.2 Å². The molecular weight excluding hydrogens is 369 g/mol. The molecule has 27 heavy (non-hydrogen) atoms. The molecule has 0 saturated carbocycles.